The molecule has 0 radical (unpaired) electrons. The zero-order valence-electron chi connectivity index (χ0n) is 12.9. The summed E-state index contributed by atoms with van der Waals surface area (Å²) < 4.78 is 5.37. The highest BCUT2D eigenvalue weighted by Crippen LogP contribution is 2.34. The Balaban J connectivity index is 1.74. The van der Waals surface area contributed by atoms with Gasteiger partial charge in [-0.2, -0.15) is 4.98 Å². The van der Waals surface area contributed by atoms with Crippen LogP contribution in [0.25, 0.3) is 22.4 Å². The van der Waals surface area contributed by atoms with Gasteiger partial charge < -0.3 is 14.5 Å². The van der Waals surface area contributed by atoms with E-state index < -0.39 is 5.97 Å². The van der Waals surface area contributed by atoms with Crippen molar-refractivity contribution in [1.29, 1.82) is 0 Å². The lowest BCUT2D eigenvalue weighted by Gasteiger charge is -2.31. The predicted molar refractivity (Wildman–Crippen MR) is 87.6 cm³/mol. The van der Waals surface area contributed by atoms with Crippen LogP contribution in [0.1, 0.15) is 12.8 Å². The molecule has 3 heterocycles. The number of carboxylic acid groups (broad SMARTS) is 1. The van der Waals surface area contributed by atoms with Crippen LogP contribution >= 0.6 is 0 Å². The van der Waals surface area contributed by atoms with Gasteiger partial charge in [0.15, 0.2) is 0 Å². The summed E-state index contributed by atoms with van der Waals surface area (Å²) in [7, 11) is 0. The molecule has 0 bridgehead atoms. The summed E-state index contributed by atoms with van der Waals surface area (Å²) in [6.45, 7) is 1.28. The van der Waals surface area contributed by atoms with Gasteiger partial charge in [0.2, 0.25) is 0 Å². The van der Waals surface area contributed by atoms with Gasteiger partial charge in [0.1, 0.15) is 23.2 Å². The molecule has 122 valence electrons. The van der Waals surface area contributed by atoms with E-state index in [2.05, 4.69) is 20.0 Å². The number of hydrogen-bond donors (Lipinski definition) is 1. The maximum Gasteiger partial charge on any atom is 0.306 e. The third kappa shape index (κ3) is 2.47. The fraction of sp³-hybridized carbons (Fsp3) is 0.294. The molecule has 0 unspecified atom stereocenters. The zero-order valence-corrected chi connectivity index (χ0v) is 12.9. The summed E-state index contributed by atoms with van der Waals surface area (Å²) >= 11 is 0. The standard InChI is InChI=1S/C17H16N4O3/c22-17(23)12-6-8-21(9-7-12)15-13-14(11-4-2-1-3-5-11)20-24-16(13)19-10-18-15/h1-5,10,12H,6-9H2,(H,22,23). The number of carbonyl (C=O) groups is 1. The van der Waals surface area contributed by atoms with E-state index >= 15 is 0 Å². The maximum atomic E-state index is 11.1. The molecule has 2 aromatic heterocycles. The van der Waals surface area contributed by atoms with Gasteiger partial charge in [-0.3, -0.25) is 4.79 Å². The molecule has 1 saturated heterocycles. The van der Waals surface area contributed by atoms with E-state index in [0.29, 0.717) is 37.3 Å². The second-order valence-electron chi connectivity index (χ2n) is 5.87. The topological polar surface area (TPSA) is 92.3 Å². The first-order valence-electron chi connectivity index (χ1n) is 7.87. The molecule has 1 fully saturated rings. The largest absolute Gasteiger partial charge is 0.481 e. The molecular formula is C17H16N4O3. The second-order valence-corrected chi connectivity index (χ2v) is 5.87. The number of nitrogens with zero attached hydrogens (tertiary/aromatic N) is 4. The van der Waals surface area contributed by atoms with Crippen LogP contribution in [-0.2, 0) is 4.79 Å². The Labute approximate surface area is 137 Å². The van der Waals surface area contributed by atoms with E-state index in [4.69, 9.17) is 9.63 Å². The van der Waals surface area contributed by atoms with Crippen molar-refractivity contribution in [1.82, 2.24) is 15.1 Å². The molecule has 0 aliphatic carbocycles. The van der Waals surface area contributed by atoms with E-state index in [1.807, 2.05) is 30.3 Å². The Bertz CT molecular complexity index is 870. The first-order chi connectivity index (χ1) is 11.7. The number of aliphatic carboxylic acids is 1. The molecule has 3 aromatic rings. The summed E-state index contributed by atoms with van der Waals surface area (Å²) in [5.74, 6) is -0.254. The van der Waals surface area contributed by atoms with Gasteiger partial charge in [0.25, 0.3) is 5.71 Å². The van der Waals surface area contributed by atoms with Crippen LogP contribution in [0.5, 0.6) is 0 Å². The van der Waals surface area contributed by atoms with E-state index in [1.165, 1.54) is 6.33 Å². The smallest absolute Gasteiger partial charge is 0.306 e. The lowest BCUT2D eigenvalue weighted by Crippen LogP contribution is -2.36. The average Bonchev–Trinajstić information content (AvgIpc) is 3.07. The van der Waals surface area contributed by atoms with Crippen LogP contribution in [0.15, 0.2) is 41.2 Å². The first kappa shape index (κ1) is 14.6. The van der Waals surface area contributed by atoms with Crippen LogP contribution in [0.4, 0.5) is 5.82 Å². The number of aromatic nitrogens is 3. The lowest BCUT2D eigenvalue weighted by atomic mass is 9.97. The number of rotatable bonds is 3. The quantitative estimate of drug-likeness (QED) is 0.791. The summed E-state index contributed by atoms with van der Waals surface area (Å²) in [6, 6.07) is 9.75. The number of fused-ring (bicyclic) bond motifs is 1. The second kappa shape index (κ2) is 5.92. The van der Waals surface area contributed by atoms with Gasteiger partial charge in [-0.25, -0.2) is 4.98 Å². The van der Waals surface area contributed by atoms with Gasteiger partial charge in [0.05, 0.1) is 5.92 Å². The summed E-state index contributed by atoms with van der Waals surface area (Å²) in [6.07, 6.45) is 2.67. The van der Waals surface area contributed by atoms with E-state index in [9.17, 15) is 4.79 Å². The molecule has 24 heavy (non-hydrogen) atoms. The highest BCUT2D eigenvalue weighted by atomic mass is 16.5. The number of carboxylic acids is 1. The first-order valence-corrected chi connectivity index (χ1v) is 7.87. The molecule has 1 aliphatic heterocycles. The number of piperidine rings is 1. The summed E-state index contributed by atoms with van der Waals surface area (Å²) in [5.41, 5.74) is 2.09. The number of hydrogen-bond acceptors (Lipinski definition) is 6. The lowest BCUT2D eigenvalue weighted by molar-refractivity contribution is -0.142. The Morgan fingerprint density at radius 2 is 1.92 bits per heavy atom. The van der Waals surface area contributed by atoms with Crippen LogP contribution in [0.3, 0.4) is 0 Å². The van der Waals surface area contributed by atoms with Crippen molar-refractivity contribution in [2.24, 2.45) is 5.92 Å². The van der Waals surface area contributed by atoms with Crippen LogP contribution in [0.2, 0.25) is 0 Å². The molecule has 1 aromatic carbocycles. The highest BCUT2D eigenvalue weighted by Gasteiger charge is 2.27. The monoisotopic (exact) mass is 324 g/mol. The molecule has 4 rings (SSSR count). The normalized spacial score (nSPS) is 15.8. The minimum Gasteiger partial charge on any atom is -0.481 e. The molecule has 7 heteroatoms. The highest BCUT2D eigenvalue weighted by molar-refractivity contribution is 5.97. The van der Waals surface area contributed by atoms with Crippen LogP contribution in [-0.4, -0.2) is 39.3 Å². The third-order valence-corrected chi connectivity index (χ3v) is 4.44. The predicted octanol–water partition coefficient (Wildman–Crippen LogP) is 2.59. The minimum atomic E-state index is -0.725. The minimum absolute atomic E-state index is 0.283. The van der Waals surface area contributed by atoms with Crippen molar-refractivity contribution < 1.29 is 14.4 Å². The van der Waals surface area contributed by atoms with E-state index in [0.717, 1.165) is 16.8 Å². The average molecular weight is 324 g/mol. The van der Waals surface area contributed by atoms with Crippen molar-refractivity contribution in [3.63, 3.8) is 0 Å². The molecular weight excluding hydrogens is 308 g/mol. The van der Waals surface area contributed by atoms with Gasteiger partial charge >= 0.3 is 5.97 Å². The molecule has 0 atom stereocenters. The zero-order chi connectivity index (χ0) is 16.5. The summed E-state index contributed by atoms with van der Waals surface area (Å²) in [4.78, 5) is 21.8. The fourth-order valence-corrected chi connectivity index (χ4v) is 3.14. The molecule has 0 amide bonds. The van der Waals surface area contributed by atoms with Crippen molar-refractivity contribution in [3.05, 3.63) is 36.7 Å². The Morgan fingerprint density at radius 1 is 1.17 bits per heavy atom. The van der Waals surface area contributed by atoms with Gasteiger partial charge in [-0.05, 0) is 12.8 Å². The SMILES string of the molecule is O=C(O)C1CCN(c2ncnc3onc(-c4ccccc4)c23)CC1. The molecule has 1 aliphatic rings. The van der Waals surface area contributed by atoms with E-state index in [1.54, 1.807) is 0 Å². The van der Waals surface area contributed by atoms with Crippen molar-refractivity contribution >= 4 is 22.9 Å². The Kier molecular flexibility index (Phi) is 3.60. The van der Waals surface area contributed by atoms with Gasteiger partial charge in [-0.1, -0.05) is 35.5 Å². The molecule has 0 saturated carbocycles. The Morgan fingerprint density at radius 3 is 2.62 bits per heavy atom. The van der Waals surface area contributed by atoms with Crippen molar-refractivity contribution in [2.45, 2.75) is 12.8 Å². The Hall–Kier alpha value is -2.96. The van der Waals surface area contributed by atoms with Crippen LogP contribution in [0, 0.1) is 5.92 Å². The number of anilines is 1. The molecule has 7 nitrogen and oxygen atoms in total. The third-order valence-electron chi connectivity index (χ3n) is 4.44. The van der Waals surface area contributed by atoms with Crippen molar-refractivity contribution in [2.75, 3.05) is 18.0 Å². The van der Waals surface area contributed by atoms with Crippen LogP contribution < -0.4 is 4.90 Å². The van der Waals surface area contributed by atoms with Crippen molar-refractivity contribution in [3.8, 4) is 11.3 Å². The summed E-state index contributed by atoms with van der Waals surface area (Å²) in [5, 5.41) is 14.1. The fourth-order valence-electron chi connectivity index (χ4n) is 3.14. The molecule has 0 spiro atoms. The van der Waals surface area contributed by atoms with E-state index in [-0.39, 0.29) is 5.92 Å². The van der Waals surface area contributed by atoms with Gasteiger partial charge in [0, 0.05) is 18.7 Å². The maximum absolute atomic E-state index is 11.1. The van der Waals surface area contributed by atoms with Gasteiger partial charge in [-0.15, -0.1) is 0 Å². The number of benzene rings is 1. The molecule has 1 N–H and O–H groups in total.